The molecule has 0 saturated carbocycles. The molecular formula is C19H15N3O3. The van der Waals surface area contributed by atoms with E-state index in [9.17, 15) is 10.1 Å². The number of allylic oxidation sites excluding steroid dienone is 1. The maximum Gasteiger partial charge on any atom is 0.306 e. The fraction of sp³-hybridized carbons (Fsp3) is 0.105. The molecule has 3 rings (SSSR count). The Morgan fingerprint density at radius 3 is 2.88 bits per heavy atom. The van der Waals surface area contributed by atoms with E-state index in [1.807, 2.05) is 30.3 Å². The van der Waals surface area contributed by atoms with Crippen LogP contribution < -0.4 is 4.74 Å². The number of carboxylic acid groups (broad SMARTS) is 1. The topological polar surface area (TPSA) is 99.0 Å². The van der Waals surface area contributed by atoms with Gasteiger partial charge in [-0.2, -0.15) is 5.26 Å². The second-order valence-electron chi connectivity index (χ2n) is 5.34. The zero-order chi connectivity index (χ0) is 17.6. The lowest BCUT2D eigenvalue weighted by Gasteiger charge is -2.05. The van der Waals surface area contributed by atoms with Gasteiger partial charge in [0, 0.05) is 0 Å². The Morgan fingerprint density at radius 1 is 1.28 bits per heavy atom. The summed E-state index contributed by atoms with van der Waals surface area (Å²) in [5.74, 6) is 0.144. The summed E-state index contributed by atoms with van der Waals surface area (Å²) in [5, 5.41) is 18.1. The molecule has 0 aliphatic carbocycles. The van der Waals surface area contributed by atoms with Crippen molar-refractivity contribution in [2.75, 3.05) is 6.61 Å². The molecule has 0 radical (unpaired) electrons. The average molecular weight is 333 g/mol. The molecule has 0 aliphatic rings. The Morgan fingerprint density at radius 2 is 2.12 bits per heavy atom. The van der Waals surface area contributed by atoms with Gasteiger partial charge in [0.1, 0.15) is 17.6 Å². The average Bonchev–Trinajstić information content (AvgIpc) is 3.03. The van der Waals surface area contributed by atoms with Crippen molar-refractivity contribution >= 4 is 28.7 Å². The lowest BCUT2D eigenvalue weighted by Crippen LogP contribution is -2.04. The number of hydrogen-bond acceptors (Lipinski definition) is 4. The van der Waals surface area contributed by atoms with Crippen molar-refractivity contribution in [2.24, 2.45) is 0 Å². The molecule has 3 aromatic rings. The van der Waals surface area contributed by atoms with E-state index >= 15 is 0 Å². The van der Waals surface area contributed by atoms with Crippen LogP contribution in [0.15, 0.2) is 48.5 Å². The summed E-state index contributed by atoms with van der Waals surface area (Å²) >= 11 is 0. The zero-order valence-corrected chi connectivity index (χ0v) is 13.3. The third kappa shape index (κ3) is 4.03. The van der Waals surface area contributed by atoms with E-state index < -0.39 is 5.97 Å². The number of imidazole rings is 1. The van der Waals surface area contributed by atoms with Gasteiger partial charge >= 0.3 is 5.97 Å². The molecule has 0 saturated heterocycles. The van der Waals surface area contributed by atoms with E-state index in [4.69, 9.17) is 9.84 Å². The van der Waals surface area contributed by atoms with Crippen molar-refractivity contribution in [3.63, 3.8) is 0 Å². The SMILES string of the molecule is N#C/C(=C\c1cccc(OCCC(=O)O)c1)c1nc2ccccc2[nH]1. The monoisotopic (exact) mass is 333 g/mol. The number of carbonyl (C=O) groups is 1. The van der Waals surface area contributed by atoms with Crippen molar-refractivity contribution in [3.8, 4) is 11.8 Å². The largest absolute Gasteiger partial charge is 0.493 e. The number of hydrogen-bond donors (Lipinski definition) is 2. The van der Waals surface area contributed by atoms with E-state index in [1.54, 1.807) is 24.3 Å². The summed E-state index contributed by atoms with van der Waals surface area (Å²) in [4.78, 5) is 18.1. The molecule has 25 heavy (non-hydrogen) atoms. The van der Waals surface area contributed by atoms with Gasteiger partial charge in [-0.05, 0) is 35.9 Å². The standard InChI is InChI=1S/C19H15N3O3/c20-12-14(19-21-16-6-1-2-7-17(16)22-19)10-13-4-3-5-15(11-13)25-9-8-18(23)24/h1-7,10-11H,8-9H2,(H,21,22)(H,23,24)/b14-10+. The Balaban J connectivity index is 1.84. The summed E-state index contributed by atoms with van der Waals surface area (Å²) in [6.07, 6.45) is 1.64. The molecule has 0 bridgehead atoms. The highest BCUT2D eigenvalue weighted by Gasteiger charge is 2.08. The zero-order valence-electron chi connectivity index (χ0n) is 13.3. The van der Waals surface area contributed by atoms with Crippen molar-refractivity contribution in [1.29, 1.82) is 5.26 Å². The predicted molar refractivity (Wildman–Crippen MR) is 93.8 cm³/mol. The number of aromatic nitrogens is 2. The summed E-state index contributed by atoms with van der Waals surface area (Å²) in [6, 6.07) is 16.8. The van der Waals surface area contributed by atoms with Crippen LogP contribution in [0.2, 0.25) is 0 Å². The van der Waals surface area contributed by atoms with Crippen LogP contribution in [0, 0.1) is 11.3 Å². The molecule has 2 N–H and O–H groups in total. The van der Waals surface area contributed by atoms with Crippen LogP contribution >= 0.6 is 0 Å². The number of nitrogens with zero attached hydrogens (tertiary/aromatic N) is 2. The maximum absolute atomic E-state index is 10.5. The molecule has 6 nitrogen and oxygen atoms in total. The smallest absolute Gasteiger partial charge is 0.306 e. The maximum atomic E-state index is 10.5. The highest BCUT2D eigenvalue weighted by Crippen LogP contribution is 2.21. The minimum absolute atomic E-state index is 0.0670. The normalized spacial score (nSPS) is 11.2. The third-order valence-electron chi connectivity index (χ3n) is 3.52. The molecule has 2 aromatic carbocycles. The van der Waals surface area contributed by atoms with Crippen LogP contribution in [0.1, 0.15) is 17.8 Å². The first-order valence-electron chi connectivity index (χ1n) is 7.67. The minimum Gasteiger partial charge on any atom is -0.493 e. The molecule has 1 heterocycles. The number of nitrogens with one attached hydrogen (secondary N) is 1. The number of nitriles is 1. The Labute approximate surface area is 144 Å². The van der Waals surface area contributed by atoms with Gasteiger partial charge in [-0.1, -0.05) is 24.3 Å². The third-order valence-corrected chi connectivity index (χ3v) is 3.52. The summed E-state index contributed by atoms with van der Waals surface area (Å²) < 4.78 is 5.41. The highest BCUT2D eigenvalue weighted by molar-refractivity contribution is 5.90. The predicted octanol–water partition coefficient (Wildman–Crippen LogP) is 3.48. The number of benzene rings is 2. The van der Waals surface area contributed by atoms with Gasteiger partial charge in [0.05, 0.1) is 29.6 Å². The number of aromatic amines is 1. The number of aliphatic carboxylic acids is 1. The van der Waals surface area contributed by atoms with Crippen LogP contribution in [0.4, 0.5) is 0 Å². The molecule has 0 atom stereocenters. The number of fused-ring (bicyclic) bond motifs is 1. The van der Waals surface area contributed by atoms with Crippen LogP contribution in [0.3, 0.4) is 0 Å². The molecule has 124 valence electrons. The van der Waals surface area contributed by atoms with Crippen LogP contribution in [0.25, 0.3) is 22.7 Å². The lowest BCUT2D eigenvalue weighted by atomic mass is 10.1. The molecule has 0 fully saturated rings. The summed E-state index contributed by atoms with van der Waals surface area (Å²) in [6.45, 7) is 0.0944. The Kier molecular flexibility index (Phi) is 4.77. The van der Waals surface area contributed by atoms with Crippen molar-refractivity contribution in [3.05, 3.63) is 59.9 Å². The number of para-hydroxylation sites is 2. The number of H-pyrrole nitrogens is 1. The van der Waals surface area contributed by atoms with E-state index in [2.05, 4.69) is 16.0 Å². The number of carboxylic acids is 1. The molecule has 0 amide bonds. The molecule has 0 aliphatic heterocycles. The van der Waals surface area contributed by atoms with E-state index in [1.165, 1.54) is 0 Å². The van der Waals surface area contributed by atoms with Gasteiger partial charge in [-0.15, -0.1) is 0 Å². The van der Waals surface area contributed by atoms with E-state index in [0.717, 1.165) is 16.6 Å². The number of ether oxygens (including phenoxy) is 1. The van der Waals surface area contributed by atoms with E-state index in [-0.39, 0.29) is 13.0 Å². The number of rotatable bonds is 6. The van der Waals surface area contributed by atoms with Gasteiger partial charge in [0.15, 0.2) is 0 Å². The van der Waals surface area contributed by atoms with Crippen LogP contribution in [-0.4, -0.2) is 27.7 Å². The molecule has 0 unspecified atom stereocenters. The minimum atomic E-state index is -0.910. The Bertz CT molecular complexity index is 950. The fourth-order valence-electron chi connectivity index (χ4n) is 2.35. The van der Waals surface area contributed by atoms with Crippen LogP contribution in [-0.2, 0) is 4.79 Å². The lowest BCUT2D eigenvalue weighted by molar-refractivity contribution is -0.137. The first-order valence-corrected chi connectivity index (χ1v) is 7.67. The van der Waals surface area contributed by atoms with Crippen molar-refractivity contribution in [1.82, 2.24) is 9.97 Å². The summed E-state index contributed by atoms with van der Waals surface area (Å²) in [7, 11) is 0. The summed E-state index contributed by atoms with van der Waals surface area (Å²) in [5.41, 5.74) is 2.83. The molecule has 6 heteroatoms. The second kappa shape index (κ2) is 7.32. The molecular weight excluding hydrogens is 318 g/mol. The van der Waals surface area contributed by atoms with Gasteiger partial charge in [-0.25, -0.2) is 4.98 Å². The van der Waals surface area contributed by atoms with Gasteiger partial charge in [0.25, 0.3) is 0 Å². The quantitative estimate of drug-likeness (QED) is 0.673. The first kappa shape index (κ1) is 16.3. The van der Waals surface area contributed by atoms with Crippen LogP contribution in [0.5, 0.6) is 5.75 Å². The fourth-order valence-corrected chi connectivity index (χ4v) is 2.35. The van der Waals surface area contributed by atoms with Gasteiger partial charge in [-0.3, -0.25) is 4.79 Å². The molecule has 0 spiro atoms. The molecule has 1 aromatic heterocycles. The second-order valence-corrected chi connectivity index (χ2v) is 5.34. The van der Waals surface area contributed by atoms with Crippen molar-refractivity contribution < 1.29 is 14.6 Å². The van der Waals surface area contributed by atoms with E-state index in [0.29, 0.717) is 17.1 Å². The Hall–Kier alpha value is -3.59. The first-order chi connectivity index (χ1) is 12.2. The van der Waals surface area contributed by atoms with Gasteiger partial charge in [0.2, 0.25) is 0 Å². The highest BCUT2D eigenvalue weighted by atomic mass is 16.5. The van der Waals surface area contributed by atoms with Gasteiger partial charge < -0.3 is 14.8 Å². The van der Waals surface area contributed by atoms with Crippen molar-refractivity contribution in [2.45, 2.75) is 6.42 Å².